The monoisotopic (exact) mass is 844 g/mol. The highest BCUT2D eigenvalue weighted by Gasteiger charge is 2.39. The first-order valence-corrected chi connectivity index (χ1v) is 22.8. The van der Waals surface area contributed by atoms with Gasteiger partial charge in [0.1, 0.15) is 11.2 Å². The van der Waals surface area contributed by atoms with Crippen LogP contribution in [0.2, 0.25) is 0 Å². The van der Waals surface area contributed by atoms with Crippen molar-refractivity contribution in [3.05, 3.63) is 242 Å². The number of benzene rings is 10. The normalized spacial score (nSPS) is 12.8. The Morgan fingerprint density at radius 3 is 1.61 bits per heavy atom. The van der Waals surface area contributed by atoms with Gasteiger partial charge in [0.2, 0.25) is 0 Å². The third-order valence-corrected chi connectivity index (χ3v) is 14.0. The predicted octanol–water partition coefficient (Wildman–Crippen LogP) is 17.5. The van der Waals surface area contributed by atoms with Crippen LogP contribution in [0.5, 0.6) is 0 Å². The lowest BCUT2D eigenvalue weighted by molar-refractivity contribution is 0.661. The van der Waals surface area contributed by atoms with E-state index in [4.69, 9.17) is 4.42 Å². The van der Waals surface area contributed by atoms with E-state index in [0.717, 1.165) is 55.8 Å². The number of anilines is 3. The third kappa shape index (κ3) is 5.90. The molecule has 0 radical (unpaired) electrons. The van der Waals surface area contributed by atoms with Gasteiger partial charge >= 0.3 is 0 Å². The van der Waals surface area contributed by atoms with E-state index in [2.05, 4.69) is 254 Å². The average molecular weight is 845 g/mol. The van der Waals surface area contributed by atoms with Gasteiger partial charge in [0.15, 0.2) is 0 Å². The van der Waals surface area contributed by atoms with Gasteiger partial charge in [-0.1, -0.05) is 166 Å². The van der Waals surface area contributed by atoms with Gasteiger partial charge in [-0.05, 0) is 134 Å². The number of fused-ring (bicyclic) bond motifs is 9. The molecule has 10 aromatic carbocycles. The fourth-order valence-corrected chi connectivity index (χ4v) is 10.9. The molecule has 0 bridgehead atoms. The molecule has 66 heavy (non-hydrogen) atoms. The molecule has 312 valence electrons. The zero-order chi connectivity index (χ0) is 43.9. The standard InChI is InChI=1S/C63H44N2O/c1-63(2)54-24-13-12-22-49(54)50-23-14-26-58(62(50)63)65(48-33-28-43(29-34-48)41-16-6-3-7-17-41)57-25-15-27-60-61(57)53-40-46(32-37-59(53)66-60)45-31-36-56-52(39-45)51-38-44(42-18-8-4-9-19-42)30-35-55(51)64(56)47-20-10-5-11-21-47/h3-40H,1-2H3. The maximum atomic E-state index is 6.77. The van der Waals surface area contributed by atoms with Crippen LogP contribution in [-0.4, -0.2) is 4.57 Å². The van der Waals surface area contributed by atoms with Crippen molar-refractivity contribution in [1.29, 1.82) is 0 Å². The molecule has 0 saturated heterocycles. The Balaban J connectivity index is 1.01. The molecule has 12 aromatic rings. The molecule has 0 fully saturated rings. The van der Waals surface area contributed by atoms with Crippen molar-refractivity contribution < 1.29 is 4.42 Å². The summed E-state index contributed by atoms with van der Waals surface area (Å²) in [5.74, 6) is 0. The lowest BCUT2D eigenvalue weighted by atomic mass is 9.81. The first-order valence-electron chi connectivity index (χ1n) is 22.8. The summed E-state index contributed by atoms with van der Waals surface area (Å²) >= 11 is 0. The molecular weight excluding hydrogens is 801 g/mol. The van der Waals surface area contributed by atoms with Crippen LogP contribution in [0.3, 0.4) is 0 Å². The molecule has 2 aromatic heterocycles. The van der Waals surface area contributed by atoms with Crippen LogP contribution in [0.25, 0.3) is 93.9 Å². The topological polar surface area (TPSA) is 21.3 Å². The number of rotatable bonds is 7. The minimum absolute atomic E-state index is 0.228. The smallest absolute Gasteiger partial charge is 0.137 e. The van der Waals surface area contributed by atoms with Crippen LogP contribution in [0.15, 0.2) is 235 Å². The summed E-state index contributed by atoms with van der Waals surface area (Å²) in [4.78, 5) is 2.47. The molecule has 1 aliphatic rings. The SMILES string of the molecule is CC1(C)c2ccccc2-c2cccc(N(c3ccc(-c4ccccc4)cc3)c3cccc4oc5ccc(-c6ccc7c(c6)c6cc(-c8ccccc8)ccc6n7-c6ccccc6)cc5c34)c21. The molecule has 1 aliphatic carbocycles. The molecule has 3 nitrogen and oxygen atoms in total. The first kappa shape index (κ1) is 38.1. The Bertz CT molecular complexity index is 3820. The van der Waals surface area contributed by atoms with Gasteiger partial charge in [0, 0.05) is 32.9 Å². The zero-order valence-electron chi connectivity index (χ0n) is 36.7. The van der Waals surface area contributed by atoms with E-state index in [1.807, 2.05) is 0 Å². The Hall–Kier alpha value is -8.40. The van der Waals surface area contributed by atoms with E-state index >= 15 is 0 Å². The van der Waals surface area contributed by atoms with Crippen LogP contribution in [-0.2, 0) is 5.41 Å². The molecule has 0 saturated carbocycles. The molecule has 13 rings (SSSR count). The quantitative estimate of drug-likeness (QED) is 0.159. The summed E-state index contributed by atoms with van der Waals surface area (Å²) in [6.45, 7) is 4.74. The van der Waals surface area contributed by atoms with Crippen molar-refractivity contribution in [2.24, 2.45) is 0 Å². The van der Waals surface area contributed by atoms with E-state index in [-0.39, 0.29) is 5.41 Å². The fraction of sp³-hybridized carbons (Fsp3) is 0.0476. The summed E-state index contributed by atoms with van der Waals surface area (Å²) in [5.41, 5.74) is 20.7. The van der Waals surface area contributed by atoms with Crippen LogP contribution in [0.1, 0.15) is 25.0 Å². The van der Waals surface area contributed by atoms with Crippen LogP contribution >= 0.6 is 0 Å². The zero-order valence-corrected chi connectivity index (χ0v) is 36.7. The van der Waals surface area contributed by atoms with Crippen molar-refractivity contribution in [2.75, 3.05) is 4.90 Å². The van der Waals surface area contributed by atoms with Gasteiger partial charge in [-0.2, -0.15) is 0 Å². The molecular formula is C63H44N2O. The molecule has 2 heterocycles. The largest absolute Gasteiger partial charge is 0.456 e. The van der Waals surface area contributed by atoms with E-state index < -0.39 is 0 Å². The van der Waals surface area contributed by atoms with Crippen molar-refractivity contribution in [2.45, 2.75) is 19.3 Å². The minimum atomic E-state index is -0.228. The minimum Gasteiger partial charge on any atom is -0.456 e. The fourth-order valence-electron chi connectivity index (χ4n) is 10.9. The van der Waals surface area contributed by atoms with Gasteiger partial charge in [-0.15, -0.1) is 0 Å². The second-order valence-electron chi connectivity index (χ2n) is 18.1. The van der Waals surface area contributed by atoms with Crippen molar-refractivity contribution >= 4 is 60.8 Å². The van der Waals surface area contributed by atoms with Crippen molar-refractivity contribution in [3.8, 4) is 50.2 Å². The Morgan fingerprint density at radius 2 is 0.909 bits per heavy atom. The number of hydrogen-bond donors (Lipinski definition) is 0. The number of hydrogen-bond acceptors (Lipinski definition) is 2. The number of furan rings is 1. The Kier molecular flexibility index (Phi) is 8.56. The second-order valence-corrected chi connectivity index (χ2v) is 18.1. The highest BCUT2D eigenvalue weighted by atomic mass is 16.3. The van der Waals surface area contributed by atoms with Gasteiger partial charge in [-0.3, -0.25) is 0 Å². The predicted molar refractivity (Wildman–Crippen MR) is 277 cm³/mol. The molecule has 3 heteroatoms. The summed E-state index contributed by atoms with van der Waals surface area (Å²) in [6.07, 6.45) is 0. The maximum absolute atomic E-state index is 6.77. The average Bonchev–Trinajstić information content (AvgIpc) is 4.00. The molecule has 0 aliphatic heterocycles. The van der Waals surface area contributed by atoms with Gasteiger partial charge < -0.3 is 13.9 Å². The number of nitrogens with zero attached hydrogens (tertiary/aromatic N) is 2. The summed E-state index contributed by atoms with van der Waals surface area (Å²) in [5, 5.41) is 4.61. The van der Waals surface area contributed by atoms with Crippen LogP contribution in [0, 0.1) is 0 Å². The third-order valence-electron chi connectivity index (χ3n) is 14.0. The van der Waals surface area contributed by atoms with E-state index in [0.29, 0.717) is 0 Å². The van der Waals surface area contributed by atoms with E-state index in [9.17, 15) is 0 Å². The van der Waals surface area contributed by atoms with Gasteiger partial charge in [0.05, 0.1) is 27.8 Å². The second kappa shape index (κ2) is 14.8. The highest BCUT2D eigenvalue weighted by Crippen LogP contribution is 2.55. The number of para-hydroxylation sites is 1. The van der Waals surface area contributed by atoms with Gasteiger partial charge in [0.25, 0.3) is 0 Å². The molecule has 0 unspecified atom stereocenters. The molecule has 0 N–H and O–H groups in total. The van der Waals surface area contributed by atoms with Crippen molar-refractivity contribution in [1.82, 2.24) is 4.57 Å². The molecule has 0 atom stereocenters. The van der Waals surface area contributed by atoms with Crippen molar-refractivity contribution in [3.63, 3.8) is 0 Å². The highest BCUT2D eigenvalue weighted by molar-refractivity contribution is 6.15. The Morgan fingerprint density at radius 1 is 0.394 bits per heavy atom. The molecule has 0 spiro atoms. The van der Waals surface area contributed by atoms with Crippen LogP contribution in [0.4, 0.5) is 17.1 Å². The maximum Gasteiger partial charge on any atom is 0.137 e. The Labute approximate surface area is 384 Å². The first-order chi connectivity index (χ1) is 32.5. The van der Waals surface area contributed by atoms with E-state index in [1.165, 1.54) is 66.3 Å². The number of aromatic nitrogens is 1. The lowest BCUT2D eigenvalue weighted by Gasteiger charge is -2.32. The summed E-state index contributed by atoms with van der Waals surface area (Å²) in [6, 6.07) is 83.8. The van der Waals surface area contributed by atoms with Gasteiger partial charge in [-0.25, -0.2) is 0 Å². The van der Waals surface area contributed by atoms with E-state index in [1.54, 1.807) is 0 Å². The molecule has 0 amide bonds. The lowest BCUT2D eigenvalue weighted by Crippen LogP contribution is -2.20. The summed E-state index contributed by atoms with van der Waals surface area (Å²) < 4.78 is 9.16. The summed E-state index contributed by atoms with van der Waals surface area (Å²) in [7, 11) is 0. The van der Waals surface area contributed by atoms with Crippen LogP contribution < -0.4 is 4.90 Å².